The molecule has 1 saturated heterocycles. The second kappa shape index (κ2) is 12.2. The van der Waals surface area contributed by atoms with Crippen LogP contribution < -0.4 is 17.2 Å². The highest BCUT2D eigenvalue weighted by Gasteiger charge is 2.32. The lowest BCUT2D eigenvalue weighted by atomic mass is 9.75. The van der Waals surface area contributed by atoms with Gasteiger partial charge in [-0.25, -0.2) is 0 Å². The van der Waals surface area contributed by atoms with Crippen LogP contribution in [-0.2, 0) is 11.2 Å². The quantitative estimate of drug-likeness (QED) is 0.450. The van der Waals surface area contributed by atoms with Gasteiger partial charge in [-0.3, -0.25) is 4.79 Å². The van der Waals surface area contributed by atoms with Crippen LogP contribution in [0.15, 0.2) is 35.5 Å². The number of allylic oxidation sites excluding steroid dienone is 1. The van der Waals surface area contributed by atoms with Crippen LogP contribution in [-0.4, -0.2) is 37.0 Å². The molecule has 0 spiro atoms. The summed E-state index contributed by atoms with van der Waals surface area (Å²) in [6.45, 7) is 12.6. The van der Waals surface area contributed by atoms with E-state index in [0.717, 1.165) is 37.1 Å². The number of carbonyl (C=O) groups is 1. The molecule has 32 heavy (non-hydrogen) atoms. The van der Waals surface area contributed by atoms with E-state index in [4.69, 9.17) is 17.2 Å². The highest BCUT2D eigenvalue weighted by atomic mass is 16.1. The maximum absolute atomic E-state index is 11.9. The number of nitrogens with two attached hydrogens (primary N) is 3. The Morgan fingerprint density at radius 3 is 2.62 bits per heavy atom. The maximum atomic E-state index is 11.9. The van der Waals surface area contributed by atoms with E-state index < -0.39 is 5.91 Å². The Kier molecular flexibility index (Phi) is 9.98. The smallest absolute Gasteiger partial charge is 0.246 e. The van der Waals surface area contributed by atoms with Gasteiger partial charge in [-0.05, 0) is 80.1 Å². The first kappa shape index (κ1) is 26.1. The van der Waals surface area contributed by atoms with Crippen molar-refractivity contribution >= 4 is 12.0 Å². The van der Waals surface area contributed by atoms with Gasteiger partial charge in [0.15, 0.2) is 0 Å². The van der Waals surface area contributed by atoms with Gasteiger partial charge in [0, 0.05) is 30.8 Å². The fourth-order valence-electron chi connectivity index (χ4n) is 4.84. The summed E-state index contributed by atoms with van der Waals surface area (Å²) in [5.74, 6) is -0.339. The number of aryl methyl sites for hydroxylation is 1. The van der Waals surface area contributed by atoms with Gasteiger partial charge in [-0.15, -0.1) is 0 Å². The highest BCUT2D eigenvalue weighted by Crippen LogP contribution is 2.36. The molecule has 5 heteroatoms. The molecule has 1 aliphatic rings. The molecule has 1 aromatic rings. The molecule has 178 valence electrons. The molecule has 1 aromatic carbocycles. The molecule has 0 radical (unpaired) electrons. The molecule has 1 heterocycles. The van der Waals surface area contributed by atoms with Gasteiger partial charge in [-0.2, -0.15) is 0 Å². The number of likely N-dealkylation sites (tertiary alicyclic amines) is 1. The van der Waals surface area contributed by atoms with E-state index in [-0.39, 0.29) is 5.92 Å². The molecule has 2 rings (SSSR count). The van der Waals surface area contributed by atoms with Crippen molar-refractivity contribution in [3.8, 4) is 0 Å². The van der Waals surface area contributed by atoms with Crippen LogP contribution in [0.3, 0.4) is 0 Å². The van der Waals surface area contributed by atoms with Crippen LogP contribution in [0, 0.1) is 18.3 Å². The Balaban J connectivity index is 1.96. The molecule has 1 amide bonds. The number of benzene rings is 1. The summed E-state index contributed by atoms with van der Waals surface area (Å²) in [6, 6.07) is 6.35. The molecule has 0 bridgehead atoms. The van der Waals surface area contributed by atoms with Crippen molar-refractivity contribution in [3.63, 3.8) is 0 Å². The first-order valence-electron chi connectivity index (χ1n) is 12.2. The summed E-state index contributed by atoms with van der Waals surface area (Å²) >= 11 is 0. The molecular weight excluding hydrogens is 396 g/mol. The SMILES string of the molecule is CCC1(CCN)CCCN(CC/C=C/c2ccc(C/C(C(N)=O)=C(/N)C(C)C)c(C)c2)C1. The van der Waals surface area contributed by atoms with E-state index in [2.05, 4.69) is 49.1 Å². The van der Waals surface area contributed by atoms with Crippen molar-refractivity contribution in [2.24, 2.45) is 28.5 Å². The number of nitrogens with zero attached hydrogens (tertiary/aromatic N) is 1. The fraction of sp³-hybridized carbons (Fsp3) is 0.593. The van der Waals surface area contributed by atoms with Crippen LogP contribution in [0.25, 0.3) is 6.08 Å². The number of amides is 1. The summed E-state index contributed by atoms with van der Waals surface area (Å²) < 4.78 is 0. The molecule has 1 fully saturated rings. The second-order valence-electron chi connectivity index (χ2n) is 9.78. The van der Waals surface area contributed by atoms with Crippen LogP contribution in [0.1, 0.15) is 69.6 Å². The monoisotopic (exact) mass is 440 g/mol. The van der Waals surface area contributed by atoms with Crippen molar-refractivity contribution < 1.29 is 4.79 Å². The van der Waals surface area contributed by atoms with Gasteiger partial charge < -0.3 is 22.1 Å². The highest BCUT2D eigenvalue weighted by molar-refractivity contribution is 5.93. The fourth-order valence-corrected chi connectivity index (χ4v) is 4.84. The summed E-state index contributed by atoms with van der Waals surface area (Å²) in [5, 5.41) is 0. The Morgan fingerprint density at radius 2 is 2.03 bits per heavy atom. The minimum absolute atomic E-state index is 0.0951. The van der Waals surface area contributed by atoms with Gasteiger partial charge >= 0.3 is 0 Å². The molecule has 0 aliphatic carbocycles. The number of hydrogen-bond donors (Lipinski definition) is 3. The maximum Gasteiger partial charge on any atom is 0.246 e. The van der Waals surface area contributed by atoms with E-state index in [9.17, 15) is 4.79 Å². The Bertz CT molecular complexity index is 823. The second-order valence-corrected chi connectivity index (χ2v) is 9.78. The van der Waals surface area contributed by atoms with Crippen molar-refractivity contribution in [1.82, 2.24) is 4.90 Å². The molecule has 6 N–H and O–H groups in total. The van der Waals surface area contributed by atoms with Crippen molar-refractivity contribution in [2.75, 3.05) is 26.2 Å². The molecule has 0 saturated carbocycles. The van der Waals surface area contributed by atoms with E-state index in [0.29, 0.717) is 23.1 Å². The van der Waals surface area contributed by atoms with Crippen LogP contribution in [0.5, 0.6) is 0 Å². The van der Waals surface area contributed by atoms with Gasteiger partial charge in [-0.1, -0.05) is 51.1 Å². The van der Waals surface area contributed by atoms with Gasteiger partial charge in [0.2, 0.25) is 5.91 Å². The molecule has 1 unspecified atom stereocenters. The predicted octanol–water partition coefficient (Wildman–Crippen LogP) is 4.14. The predicted molar refractivity (Wildman–Crippen MR) is 136 cm³/mol. The molecule has 1 aliphatic heterocycles. The zero-order valence-corrected chi connectivity index (χ0v) is 20.6. The minimum atomic E-state index is -0.434. The largest absolute Gasteiger partial charge is 0.401 e. The third-order valence-electron chi connectivity index (χ3n) is 7.09. The topological polar surface area (TPSA) is 98.4 Å². The number of carbonyl (C=O) groups excluding carboxylic acids is 1. The van der Waals surface area contributed by atoms with Crippen LogP contribution in [0.2, 0.25) is 0 Å². The lowest BCUT2D eigenvalue weighted by molar-refractivity contribution is -0.114. The van der Waals surface area contributed by atoms with E-state index >= 15 is 0 Å². The molecule has 1 atom stereocenters. The van der Waals surface area contributed by atoms with Crippen molar-refractivity contribution in [2.45, 2.75) is 66.2 Å². The standard InChI is InChI=1S/C27H44N4O/c1-5-27(13-14-28)12-8-16-31(19-27)15-7-6-9-22-10-11-23(21(4)17-22)18-24(26(30)32)25(29)20(2)3/h6,9-11,17,20H,5,7-8,12-16,18-19,28-29H2,1-4H3,(H2,30,32)/b9-6+,25-24-. The van der Waals surface area contributed by atoms with E-state index in [1.165, 1.54) is 37.9 Å². The first-order valence-corrected chi connectivity index (χ1v) is 12.2. The lowest BCUT2D eigenvalue weighted by Crippen LogP contribution is -2.44. The van der Waals surface area contributed by atoms with Gasteiger partial charge in [0.05, 0.1) is 0 Å². The minimum Gasteiger partial charge on any atom is -0.401 e. The number of primary amides is 1. The number of piperidine rings is 1. The van der Waals surface area contributed by atoms with E-state index in [1.807, 2.05) is 13.8 Å². The average Bonchev–Trinajstić information content (AvgIpc) is 2.76. The zero-order chi connectivity index (χ0) is 23.7. The third-order valence-corrected chi connectivity index (χ3v) is 7.09. The summed E-state index contributed by atoms with van der Waals surface area (Å²) in [4.78, 5) is 14.5. The van der Waals surface area contributed by atoms with Crippen molar-refractivity contribution in [1.29, 1.82) is 0 Å². The lowest BCUT2D eigenvalue weighted by Gasteiger charge is -2.42. The number of hydrogen-bond acceptors (Lipinski definition) is 4. The van der Waals surface area contributed by atoms with Crippen molar-refractivity contribution in [3.05, 3.63) is 52.2 Å². The normalized spacial score (nSPS) is 20.7. The molecule has 5 nitrogen and oxygen atoms in total. The van der Waals surface area contributed by atoms with Gasteiger partial charge in [0.25, 0.3) is 0 Å². The van der Waals surface area contributed by atoms with Crippen LogP contribution in [0.4, 0.5) is 0 Å². The Morgan fingerprint density at radius 1 is 1.28 bits per heavy atom. The summed E-state index contributed by atoms with van der Waals surface area (Å²) in [5.41, 5.74) is 22.5. The van der Waals surface area contributed by atoms with Crippen LogP contribution >= 0.6 is 0 Å². The Hall–Kier alpha value is -2.11. The van der Waals surface area contributed by atoms with Gasteiger partial charge in [0.1, 0.15) is 0 Å². The zero-order valence-electron chi connectivity index (χ0n) is 20.6. The molecule has 0 aromatic heterocycles. The summed E-state index contributed by atoms with van der Waals surface area (Å²) in [7, 11) is 0. The van der Waals surface area contributed by atoms with E-state index in [1.54, 1.807) is 0 Å². The Labute approximate surface area is 195 Å². The first-order chi connectivity index (χ1) is 15.2. The average molecular weight is 441 g/mol. The third kappa shape index (κ3) is 7.21. The summed E-state index contributed by atoms with van der Waals surface area (Å²) in [6.07, 6.45) is 10.9. The number of rotatable bonds is 11. The molecular formula is C27H44N4O.